The van der Waals surface area contributed by atoms with Gasteiger partial charge < -0.3 is 14.6 Å². The molecule has 170 valence electrons. The molecule has 1 unspecified atom stereocenters. The average molecular weight is 466 g/mol. The van der Waals surface area contributed by atoms with Crippen LogP contribution >= 0.6 is 11.6 Å². The van der Waals surface area contributed by atoms with Gasteiger partial charge in [0.05, 0.1) is 18.4 Å². The molecule has 1 saturated heterocycles. The van der Waals surface area contributed by atoms with E-state index >= 15 is 0 Å². The highest BCUT2D eigenvalue weighted by molar-refractivity contribution is 6.31. The second kappa shape index (κ2) is 8.82. The van der Waals surface area contributed by atoms with E-state index in [2.05, 4.69) is 32.4 Å². The van der Waals surface area contributed by atoms with Crippen LogP contribution in [0.25, 0.3) is 16.8 Å². The van der Waals surface area contributed by atoms with Crippen molar-refractivity contribution in [3.63, 3.8) is 0 Å². The van der Waals surface area contributed by atoms with Gasteiger partial charge in [-0.1, -0.05) is 18.5 Å². The number of pyridine rings is 1. The van der Waals surface area contributed by atoms with E-state index in [1.54, 1.807) is 30.6 Å². The van der Waals surface area contributed by atoms with Crippen LogP contribution in [0.3, 0.4) is 0 Å². The Bertz CT molecular complexity index is 1290. The van der Waals surface area contributed by atoms with Crippen LogP contribution in [0.2, 0.25) is 5.02 Å². The van der Waals surface area contributed by atoms with Gasteiger partial charge in [0, 0.05) is 23.8 Å². The van der Waals surface area contributed by atoms with E-state index in [0.717, 1.165) is 18.5 Å². The van der Waals surface area contributed by atoms with Crippen molar-refractivity contribution < 1.29 is 9.21 Å². The molecular formula is C23H24ClN7O2. The van der Waals surface area contributed by atoms with Gasteiger partial charge in [0.15, 0.2) is 11.3 Å². The lowest BCUT2D eigenvalue weighted by Crippen LogP contribution is -2.51. The number of benzene rings is 1. The number of aromatic nitrogens is 5. The molecule has 4 aromatic rings. The van der Waals surface area contributed by atoms with Gasteiger partial charge in [-0.25, -0.2) is 4.98 Å². The zero-order chi connectivity index (χ0) is 22.9. The van der Waals surface area contributed by atoms with Gasteiger partial charge in [0.2, 0.25) is 0 Å². The van der Waals surface area contributed by atoms with Crippen molar-refractivity contribution >= 4 is 34.6 Å². The second-order valence-corrected chi connectivity index (χ2v) is 8.77. The monoisotopic (exact) mass is 465 g/mol. The standard InChI is InChI=1S/C23H24ClN7O2/c1-14-4-3-11-30(19(14)13-25-23-29-17-12-16(24)6-8-20(17)33-23)22(32)21-18(7-5-15(2)28-21)31-26-9-10-27-31/h5-10,12,14,19H,3-4,11,13H2,1-2H3,(H,25,29)/t14-,19?/m1/s1. The first-order valence-corrected chi connectivity index (χ1v) is 11.3. The molecule has 0 bridgehead atoms. The van der Waals surface area contributed by atoms with Gasteiger partial charge >= 0.3 is 0 Å². The Hall–Kier alpha value is -3.46. The third-order valence-electron chi connectivity index (χ3n) is 6.04. The molecule has 10 heteroatoms. The van der Waals surface area contributed by atoms with Crippen LogP contribution in [0, 0.1) is 12.8 Å². The molecule has 33 heavy (non-hydrogen) atoms. The normalized spacial score (nSPS) is 18.6. The first-order chi connectivity index (χ1) is 16.0. The Kier molecular flexibility index (Phi) is 5.72. The van der Waals surface area contributed by atoms with Crippen molar-refractivity contribution in [2.45, 2.75) is 32.7 Å². The largest absolute Gasteiger partial charge is 0.424 e. The molecule has 1 amide bonds. The van der Waals surface area contributed by atoms with E-state index < -0.39 is 0 Å². The number of halogens is 1. The molecule has 1 N–H and O–H groups in total. The summed E-state index contributed by atoms with van der Waals surface area (Å²) in [6, 6.07) is 9.37. The van der Waals surface area contributed by atoms with E-state index in [9.17, 15) is 4.79 Å². The zero-order valence-corrected chi connectivity index (χ0v) is 19.2. The average Bonchev–Trinajstić information content (AvgIpc) is 3.47. The van der Waals surface area contributed by atoms with Crippen LogP contribution < -0.4 is 5.32 Å². The van der Waals surface area contributed by atoms with Gasteiger partial charge in [0.25, 0.3) is 11.9 Å². The van der Waals surface area contributed by atoms with E-state index in [1.165, 1.54) is 4.80 Å². The Labute approximate surface area is 195 Å². The molecule has 5 rings (SSSR count). The molecular weight excluding hydrogens is 442 g/mol. The Morgan fingerprint density at radius 3 is 2.85 bits per heavy atom. The Balaban J connectivity index is 1.40. The number of amides is 1. The molecule has 2 atom stereocenters. The summed E-state index contributed by atoms with van der Waals surface area (Å²) in [6.07, 6.45) is 5.13. The highest BCUT2D eigenvalue weighted by atomic mass is 35.5. The Morgan fingerprint density at radius 1 is 1.21 bits per heavy atom. The first kappa shape index (κ1) is 21.4. The van der Waals surface area contributed by atoms with Crippen molar-refractivity contribution in [3.05, 3.63) is 59.1 Å². The van der Waals surface area contributed by atoms with Gasteiger partial charge in [0.1, 0.15) is 11.2 Å². The third kappa shape index (κ3) is 4.28. The summed E-state index contributed by atoms with van der Waals surface area (Å²) >= 11 is 6.06. The van der Waals surface area contributed by atoms with Gasteiger partial charge in [-0.15, -0.1) is 4.80 Å². The van der Waals surface area contributed by atoms with Crippen molar-refractivity contribution in [3.8, 4) is 5.69 Å². The highest BCUT2D eigenvalue weighted by Crippen LogP contribution is 2.28. The van der Waals surface area contributed by atoms with Crippen molar-refractivity contribution in [1.29, 1.82) is 0 Å². The first-order valence-electron chi connectivity index (χ1n) is 10.9. The highest BCUT2D eigenvalue weighted by Gasteiger charge is 2.34. The lowest BCUT2D eigenvalue weighted by Gasteiger charge is -2.40. The third-order valence-corrected chi connectivity index (χ3v) is 6.27. The number of oxazole rings is 1. The van der Waals surface area contributed by atoms with Crippen LogP contribution in [0.1, 0.15) is 35.9 Å². The molecule has 1 aliphatic heterocycles. The van der Waals surface area contributed by atoms with Crippen LogP contribution in [0.5, 0.6) is 0 Å². The summed E-state index contributed by atoms with van der Waals surface area (Å²) in [4.78, 5) is 26.1. The van der Waals surface area contributed by atoms with Crippen LogP contribution in [-0.4, -0.2) is 54.9 Å². The molecule has 1 aromatic carbocycles. The van der Waals surface area contributed by atoms with Crippen LogP contribution in [-0.2, 0) is 0 Å². The molecule has 3 aromatic heterocycles. The number of likely N-dealkylation sites (tertiary alicyclic amines) is 1. The second-order valence-electron chi connectivity index (χ2n) is 8.34. The fourth-order valence-corrected chi connectivity index (χ4v) is 4.49. The zero-order valence-electron chi connectivity index (χ0n) is 18.4. The molecule has 0 aliphatic carbocycles. The summed E-state index contributed by atoms with van der Waals surface area (Å²) in [7, 11) is 0. The van der Waals surface area contributed by atoms with Gasteiger partial charge in [-0.2, -0.15) is 15.2 Å². The summed E-state index contributed by atoms with van der Waals surface area (Å²) < 4.78 is 5.80. The fraction of sp³-hybridized carbons (Fsp3) is 0.348. The predicted molar refractivity (Wildman–Crippen MR) is 125 cm³/mol. The molecule has 1 aliphatic rings. The maximum Gasteiger partial charge on any atom is 0.295 e. The number of anilines is 1. The number of rotatable bonds is 5. The minimum absolute atomic E-state index is 0.0504. The molecule has 4 heterocycles. The van der Waals surface area contributed by atoms with Crippen molar-refractivity contribution in [2.75, 3.05) is 18.4 Å². The van der Waals surface area contributed by atoms with Crippen molar-refractivity contribution in [2.24, 2.45) is 5.92 Å². The van der Waals surface area contributed by atoms with E-state index in [-0.39, 0.29) is 11.9 Å². The van der Waals surface area contributed by atoms with Crippen LogP contribution in [0.15, 0.2) is 47.1 Å². The molecule has 0 radical (unpaired) electrons. The molecule has 0 saturated carbocycles. The maximum absolute atomic E-state index is 13.7. The molecule has 1 fully saturated rings. The molecule has 9 nitrogen and oxygen atoms in total. The van der Waals surface area contributed by atoms with Crippen molar-refractivity contribution in [1.82, 2.24) is 29.9 Å². The fourth-order valence-electron chi connectivity index (χ4n) is 4.32. The number of nitrogens with one attached hydrogen (secondary N) is 1. The van der Waals surface area contributed by atoms with Gasteiger partial charge in [-0.3, -0.25) is 4.79 Å². The smallest absolute Gasteiger partial charge is 0.295 e. The Morgan fingerprint density at radius 2 is 2.03 bits per heavy atom. The minimum Gasteiger partial charge on any atom is -0.424 e. The summed E-state index contributed by atoms with van der Waals surface area (Å²) in [5, 5.41) is 12.3. The lowest BCUT2D eigenvalue weighted by atomic mass is 9.90. The summed E-state index contributed by atoms with van der Waals surface area (Å²) in [6.45, 7) is 5.20. The maximum atomic E-state index is 13.7. The number of carbonyl (C=O) groups is 1. The van der Waals surface area contributed by atoms with E-state index in [0.29, 0.717) is 52.5 Å². The quantitative estimate of drug-likeness (QED) is 0.473. The number of hydrogen-bond acceptors (Lipinski definition) is 7. The summed E-state index contributed by atoms with van der Waals surface area (Å²) in [5.41, 5.74) is 3.03. The SMILES string of the molecule is Cc1ccc(-n2nccn2)c(C(=O)N2CCC[C@@H](C)C2CNc2nc3cc(Cl)ccc3o2)n1. The minimum atomic E-state index is -0.131. The van der Waals surface area contributed by atoms with Crippen LogP contribution in [0.4, 0.5) is 6.01 Å². The number of nitrogens with zero attached hydrogens (tertiary/aromatic N) is 6. The number of aryl methyl sites for hydroxylation is 1. The number of carbonyl (C=O) groups excluding carboxylic acids is 1. The topological polar surface area (TPSA) is 102 Å². The van der Waals surface area contributed by atoms with Gasteiger partial charge in [-0.05, 0) is 56.0 Å². The predicted octanol–water partition coefficient (Wildman–Crippen LogP) is 4.12. The number of piperidine rings is 1. The summed E-state index contributed by atoms with van der Waals surface area (Å²) in [5.74, 6) is 0.166. The number of fused-ring (bicyclic) bond motifs is 1. The lowest BCUT2D eigenvalue weighted by molar-refractivity contribution is 0.0532. The van der Waals surface area contributed by atoms with E-state index in [1.807, 2.05) is 24.0 Å². The van der Waals surface area contributed by atoms with E-state index in [4.69, 9.17) is 16.0 Å². The number of hydrogen-bond donors (Lipinski definition) is 1. The molecule has 0 spiro atoms.